The lowest BCUT2D eigenvalue weighted by atomic mass is 10.0. The largest absolute Gasteiger partial charge is 0.481 e. The van der Waals surface area contributed by atoms with Crippen LogP contribution in [0, 0.1) is 6.92 Å². The summed E-state index contributed by atoms with van der Waals surface area (Å²) in [6, 6.07) is 9.96. The lowest BCUT2D eigenvalue weighted by molar-refractivity contribution is -0.136. The number of benzene rings is 1. The third-order valence-corrected chi connectivity index (χ3v) is 2.98. The summed E-state index contributed by atoms with van der Waals surface area (Å²) in [4.78, 5) is 10.7. The van der Waals surface area contributed by atoms with Crippen LogP contribution in [0.15, 0.2) is 30.3 Å². The van der Waals surface area contributed by atoms with Crippen molar-refractivity contribution < 1.29 is 9.90 Å². The van der Waals surface area contributed by atoms with E-state index in [1.54, 1.807) is 4.68 Å². The van der Waals surface area contributed by atoms with Gasteiger partial charge in [-0.2, -0.15) is 5.10 Å². The number of carboxylic acid groups (broad SMARTS) is 1. The Hall–Kier alpha value is -2.10. The molecule has 0 aliphatic rings. The van der Waals surface area contributed by atoms with Gasteiger partial charge in [0.25, 0.3) is 0 Å². The Morgan fingerprint density at radius 3 is 2.61 bits per heavy atom. The summed E-state index contributed by atoms with van der Waals surface area (Å²) >= 11 is 0. The Bertz CT molecular complexity index is 559. The summed E-state index contributed by atoms with van der Waals surface area (Å²) in [5.74, 6) is -0.784. The summed E-state index contributed by atoms with van der Waals surface area (Å²) in [6.45, 7) is 1.95. The van der Waals surface area contributed by atoms with Gasteiger partial charge < -0.3 is 5.11 Å². The van der Waals surface area contributed by atoms with Crippen LogP contribution in [0.2, 0.25) is 0 Å². The van der Waals surface area contributed by atoms with Crippen molar-refractivity contribution in [1.82, 2.24) is 9.78 Å². The minimum absolute atomic E-state index is 0.124. The van der Waals surface area contributed by atoms with Crippen molar-refractivity contribution in [2.45, 2.75) is 19.8 Å². The standard InChI is InChI=1S/C14H16N2O2/c1-10-14(11-6-4-3-5-7-11)12(16(2)15-10)8-9-13(17)18/h3-7H,8-9H2,1-2H3,(H,17,18). The number of rotatable bonds is 4. The zero-order chi connectivity index (χ0) is 13.1. The van der Waals surface area contributed by atoms with Gasteiger partial charge in [-0.15, -0.1) is 0 Å². The van der Waals surface area contributed by atoms with Gasteiger partial charge in [0.1, 0.15) is 0 Å². The summed E-state index contributed by atoms with van der Waals surface area (Å²) in [5.41, 5.74) is 4.05. The van der Waals surface area contributed by atoms with Crippen LogP contribution in [-0.2, 0) is 18.3 Å². The molecule has 0 radical (unpaired) electrons. The average molecular weight is 244 g/mol. The van der Waals surface area contributed by atoms with Crippen LogP contribution in [0.5, 0.6) is 0 Å². The molecule has 2 rings (SSSR count). The smallest absolute Gasteiger partial charge is 0.303 e. The van der Waals surface area contributed by atoms with Crippen molar-refractivity contribution >= 4 is 5.97 Å². The molecule has 1 heterocycles. The lowest BCUT2D eigenvalue weighted by Crippen LogP contribution is -2.04. The molecule has 18 heavy (non-hydrogen) atoms. The molecule has 0 saturated carbocycles. The van der Waals surface area contributed by atoms with Gasteiger partial charge in [-0.25, -0.2) is 0 Å². The van der Waals surface area contributed by atoms with Crippen LogP contribution in [0.4, 0.5) is 0 Å². The van der Waals surface area contributed by atoms with Gasteiger partial charge in [-0.1, -0.05) is 30.3 Å². The molecule has 0 spiro atoms. The average Bonchev–Trinajstić information content (AvgIpc) is 2.62. The highest BCUT2D eigenvalue weighted by molar-refractivity contribution is 5.71. The zero-order valence-corrected chi connectivity index (χ0v) is 10.6. The van der Waals surface area contributed by atoms with E-state index in [4.69, 9.17) is 5.11 Å². The molecule has 0 aliphatic heterocycles. The van der Waals surface area contributed by atoms with E-state index < -0.39 is 5.97 Å². The molecule has 94 valence electrons. The van der Waals surface area contributed by atoms with Gasteiger partial charge in [-0.3, -0.25) is 9.48 Å². The van der Waals surface area contributed by atoms with Crippen LogP contribution in [0.1, 0.15) is 17.8 Å². The molecule has 0 fully saturated rings. The third kappa shape index (κ3) is 2.42. The number of aromatic nitrogens is 2. The van der Waals surface area contributed by atoms with E-state index in [0.29, 0.717) is 6.42 Å². The topological polar surface area (TPSA) is 55.1 Å². The number of carbonyl (C=O) groups is 1. The molecular formula is C14H16N2O2. The molecule has 0 aliphatic carbocycles. The maximum Gasteiger partial charge on any atom is 0.303 e. The first-order valence-corrected chi connectivity index (χ1v) is 5.89. The number of nitrogens with zero attached hydrogens (tertiary/aromatic N) is 2. The predicted molar refractivity (Wildman–Crippen MR) is 69.3 cm³/mol. The van der Waals surface area contributed by atoms with E-state index >= 15 is 0 Å². The molecule has 4 nitrogen and oxygen atoms in total. The Kier molecular flexibility index (Phi) is 3.46. The molecule has 0 bridgehead atoms. The SMILES string of the molecule is Cc1nn(C)c(CCC(=O)O)c1-c1ccccc1. The van der Waals surface area contributed by atoms with Gasteiger partial charge in [0.2, 0.25) is 0 Å². The summed E-state index contributed by atoms with van der Waals surface area (Å²) in [7, 11) is 1.86. The van der Waals surface area contributed by atoms with Gasteiger partial charge in [-0.05, 0) is 12.5 Å². The molecule has 1 aromatic heterocycles. The highest BCUT2D eigenvalue weighted by atomic mass is 16.4. The first-order chi connectivity index (χ1) is 8.59. The van der Waals surface area contributed by atoms with E-state index in [9.17, 15) is 4.79 Å². The Labute approximate surface area is 106 Å². The number of hydrogen-bond acceptors (Lipinski definition) is 2. The molecule has 0 saturated heterocycles. The van der Waals surface area contributed by atoms with Crippen LogP contribution < -0.4 is 0 Å². The van der Waals surface area contributed by atoms with Crippen LogP contribution in [0.25, 0.3) is 11.1 Å². The lowest BCUT2D eigenvalue weighted by Gasteiger charge is -2.05. The van der Waals surface area contributed by atoms with E-state index in [1.807, 2.05) is 44.3 Å². The third-order valence-electron chi connectivity index (χ3n) is 2.98. The number of carboxylic acids is 1. The van der Waals surface area contributed by atoms with Crippen molar-refractivity contribution in [3.63, 3.8) is 0 Å². The van der Waals surface area contributed by atoms with Gasteiger partial charge >= 0.3 is 5.97 Å². The summed E-state index contributed by atoms with van der Waals surface area (Å²) < 4.78 is 1.78. The van der Waals surface area contributed by atoms with Crippen molar-refractivity contribution in [2.24, 2.45) is 7.05 Å². The van der Waals surface area contributed by atoms with Gasteiger partial charge in [0.15, 0.2) is 0 Å². The van der Waals surface area contributed by atoms with Crippen LogP contribution in [-0.4, -0.2) is 20.9 Å². The molecular weight excluding hydrogens is 228 g/mol. The maximum atomic E-state index is 10.7. The van der Waals surface area contributed by atoms with E-state index in [-0.39, 0.29) is 6.42 Å². The highest BCUT2D eigenvalue weighted by Crippen LogP contribution is 2.27. The molecule has 0 unspecified atom stereocenters. The van der Waals surface area contributed by atoms with E-state index in [0.717, 1.165) is 22.5 Å². The highest BCUT2D eigenvalue weighted by Gasteiger charge is 2.15. The molecule has 4 heteroatoms. The van der Waals surface area contributed by atoms with Crippen LogP contribution in [0.3, 0.4) is 0 Å². The zero-order valence-electron chi connectivity index (χ0n) is 10.6. The molecule has 1 N–H and O–H groups in total. The Balaban J connectivity index is 2.43. The fourth-order valence-corrected chi connectivity index (χ4v) is 2.20. The second-order valence-electron chi connectivity index (χ2n) is 4.29. The molecule has 1 aromatic carbocycles. The second-order valence-corrected chi connectivity index (χ2v) is 4.29. The first-order valence-electron chi connectivity index (χ1n) is 5.89. The van der Waals surface area contributed by atoms with Crippen molar-refractivity contribution in [3.8, 4) is 11.1 Å². The Morgan fingerprint density at radius 2 is 2.00 bits per heavy atom. The minimum atomic E-state index is -0.784. The van der Waals surface area contributed by atoms with Gasteiger partial charge in [0, 0.05) is 24.7 Å². The van der Waals surface area contributed by atoms with Crippen molar-refractivity contribution in [2.75, 3.05) is 0 Å². The molecule has 0 atom stereocenters. The predicted octanol–water partition coefficient (Wildman–Crippen LogP) is 2.41. The number of hydrogen-bond donors (Lipinski definition) is 1. The molecule has 0 amide bonds. The van der Waals surface area contributed by atoms with E-state index in [1.165, 1.54) is 0 Å². The number of aliphatic carboxylic acids is 1. The normalized spacial score (nSPS) is 10.6. The fourth-order valence-electron chi connectivity index (χ4n) is 2.20. The fraction of sp³-hybridized carbons (Fsp3) is 0.286. The summed E-state index contributed by atoms with van der Waals surface area (Å²) in [5, 5.41) is 13.2. The van der Waals surface area contributed by atoms with Crippen LogP contribution >= 0.6 is 0 Å². The van der Waals surface area contributed by atoms with Gasteiger partial charge in [0.05, 0.1) is 12.1 Å². The van der Waals surface area contributed by atoms with Crippen molar-refractivity contribution in [1.29, 1.82) is 0 Å². The second kappa shape index (κ2) is 5.04. The van der Waals surface area contributed by atoms with E-state index in [2.05, 4.69) is 5.10 Å². The quantitative estimate of drug-likeness (QED) is 0.898. The molecule has 2 aromatic rings. The monoisotopic (exact) mass is 244 g/mol. The maximum absolute atomic E-state index is 10.7. The first kappa shape index (κ1) is 12.4. The summed E-state index contributed by atoms with van der Waals surface area (Å²) in [6.07, 6.45) is 0.621. The number of aryl methyl sites for hydroxylation is 2. The Morgan fingerprint density at radius 1 is 1.33 bits per heavy atom. The minimum Gasteiger partial charge on any atom is -0.481 e. The van der Waals surface area contributed by atoms with Crippen molar-refractivity contribution in [3.05, 3.63) is 41.7 Å².